The second kappa shape index (κ2) is 7.21. The lowest BCUT2D eigenvalue weighted by molar-refractivity contribution is -0.123. The molecular formula is C19H15NO3S2. The van der Waals surface area contributed by atoms with Crippen molar-refractivity contribution < 1.29 is 14.7 Å². The molecule has 0 aliphatic carbocycles. The van der Waals surface area contributed by atoms with Gasteiger partial charge in [-0.3, -0.25) is 9.69 Å². The lowest BCUT2D eigenvalue weighted by atomic mass is 10.1. The Hall–Kier alpha value is -2.44. The minimum Gasteiger partial charge on any atom is -0.478 e. The fourth-order valence-electron chi connectivity index (χ4n) is 2.57. The van der Waals surface area contributed by atoms with E-state index in [4.69, 9.17) is 17.3 Å². The molecule has 0 spiro atoms. The summed E-state index contributed by atoms with van der Waals surface area (Å²) in [7, 11) is 0. The topological polar surface area (TPSA) is 57.6 Å². The predicted octanol–water partition coefficient (Wildman–Crippen LogP) is 4.35. The van der Waals surface area contributed by atoms with Gasteiger partial charge in [0, 0.05) is 0 Å². The molecule has 1 fully saturated rings. The van der Waals surface area contributed by atoms with E-state index in [2.05, 4.69) is 0 Å². The van der Waals surface area contributed by atoms with Gasteiger partial charge in [0.05, 0.1) is 16.5 Å². The molecule has 1 amide bonds. The summed E-state index contributed by atoms with van der Waals surface area (Å²) in [5.74, 6) is -1.11. The fraction of sp³-hybridized carbons (Fsp3) is 0.105. The highest BCUT2D eigenvalue weighted by molar-refractivity contribution is 8.26. The lowest BCUT2D eigenvalue weighted by Crippen LogP contribution is -2.30. The number of carboxylic acids is 1. The van der Waals surface area contributed by atoms with Crippen molar-refractivity contribution in [3.63, 3.8) is 0 Å². The van der Waals surface area contributed by atoms with Crippen LogP contribution in [0.1, 0.15) is 34.5 Å². The van der Waals surface area contributed by atoms with E-state index < -0.39 is 5.97 Å². The molecule has 0 radical (unpaired) electrons. The Kier molecular flexibility index (Phi) is 5.01. The van der Waals surface area contributed by atoms with Gasteiger partial charge in [0.15, 0.2) is 0 Å². The van der Waals surface area contributed by atoms with Crippen LogP contribution in [-0.4, -0.2) is 26.2 Å². The van der Waals surface area contributed by atoms with Crippen LogP contribution in [0, 0.1) is 0 Å². The smallest absolute Gasteiger partial charge is 0.335 e. The number of thiocarbonyl (C=S) groups is 1. The molecular weight excluding hydrogens is 354 g/mol. The Morgan fingerprint density at radius 2 is 1.80 bits per heavy atom. The zero-order valence-corrected chi connectivity index (χ0v) is 15.0. The van der Waals surface area contributed by atoms with Crippen LogP contribution in [0.3, 0.4) is 0 Å². The molecule has 1 atom stereocenters. The third-order valence-corrected chi connectivity index (χ3v) is 5.28. The Labute approximate surface area is 155 Å². The summed E-state index contributed by atoms with van der Waals surface area (Å²) in [5.41, 5.74) is 1.99. The van der Waals surface area contributed by atoms with Gasteiger partial charge in [0.25, 0.3) is 5.91 Å². The third kappa shape index (κ3) is 3.65. The first kappa shape index (κ1) is 17.4. The number of hydrogen-bond donors (Lipinski definition) is 1. The van der Waals surface area contributed by atoms with Gasteiger partial charge in [-0.2, -0.15) is 0 Å². The molecule has 0 saturated carbocycles. The van der Waals surface area contributed by atoms with Crippen LogP contribution in [0.25, 0.3) is 6.08 Å². The van der Waals surface area contributed by atoms with E-state index in [0.717, 1.165) is 11.1 Å². The van der Waals surface area contributed by atoms with E-state index in [1.165, 1.54) is 23.9 Å². The maximum atomic E-state index is 12.8. The molecule has 3 rings (SSSR count). The Bertz CT molecular complexity index is 860. The first-order chi connectivity index (χ1) is 12.0. The number of hydrogen-bond acceptors (Lipinski definition) is 4. The summed E-state index contributed by atoms with van der Waals surface area (Å²) in [4.78, 5) is 25.8. The number of carbonyl (C=O) groups is 2. The standard InChI is InChI=1S/C19H15NO3S2/c1-12(14-5-3-2-4-6-14)20-17(21)16(25-19(20)24)11-13-7-9-15(10-8-13)18(22)23/h2-12H,1H3,(H,22,23)/b16-11+. The van der Waals surface area contributed by atoms with E-state index in [1.807, 2.05) is 37.3 Å². The summed E-state index contributed by atoms with van der Waals surface area (Å²) < 4.78 is 0.523. The molecule has 1 saturated heterocycles. The van der Waals surface area contributed by atoms with Crippen LogP contribution in [0.4, 0.5) is 0 Å². The van der Waals surface area contributed by atoms with Crippen molar-refractivity contribution in [2.75, 3.05) is 0 Å². The lowest BCUT2D eigenvalue weighted by Gasteiger charge is -2.23. The normalized spacial score (nSPS) is 17.2. The van der Waals surface area contributed by atoms with Gasteiger partial charge >= 0.3 is 5.97 Å². The molecule has 126 valence electrons. The van der Waals surface area contributed by atoms with Gasteiger partial charge in [0.1, 0.15) is 4.32 Å². The minimum atomic E-state index is -0.977. The van der Waals surface area contributed by atoms with E-state index in [-0.39, 0.29) is 17.5 Å². The molecule has 1 aliphatic rings. The van der Waals surface area contributed by atoms with Gasteiger partial charge in [-0.05, 0) is 36.3 Å². The van der Waals surface area contributed by atoms with Crippen LogP contribution >= 0.6 is 24.0 Å². The van der Waals surface area contributed by atoms with Crippen LogP contribution in [0.15, 0.2) is 59.5 Å². The predicted molar refractivity (Wildman–Crippen MR) is 103 cm³/mol. The maximum Gasteiger partial charge on any atom is 0.335 e. The second-order valence-electron chi connectivity index (χ2n) is 5.57. The number of benzene rings is 2. The Morgan fingerprint density at radius 1 is 1.16 bits per heavy atom. The van der Waals surface area contributed by atoms with Crippen molar-refractivity contribution in [1.29, 1.82) is 0 Å². The van der Waals surface area contributed by atoms with Crippen molar-refractivity contribution in [2.45, 2.75) is 13.0 Å². The average Bonchev–Trinajstić information content (AvgIpc) is 2.89. The van der Waals surface area contributed by atoms with E-state index in [0.29, 0.717) is 9.23 Å². The number of carboxylic acid groups (broad SMARTS) is 1. The highest BCUT2D eigenvalue weighted by Gasteiger charge is 2.35. The number of amides is 1. The molecule has 0 aromatic heterocycles. The number of nitrogens with zero attached hydrogens (tertiary/aromatic N) is 1. The first-order valence-electron chi connectivity index (χ1n) is 7.63. The summed E-state index contributed by atoms with van der Waals surface area (Å²) in [6.45, 7) is 1.95. The van der Waals surface area contributed by atoms with Crippen molar-refractivity contribution in [3.8, 4) is 0 Å². The molecule has 1 aliphatic heterocycles. The maximum absolute atomic E-state index is 12.8. The molecule has 2 aromatic carbocycles. The Morgan fingerprint density at radius 3 is 2.40 bits per heavy atom. The molecule has 1 unspecified atom stereocenters. The average molecular weight is 369 g/mol. The van der Waals surface area contributed by atoms with Crippen molar-refractivity contribution in [2.24, 2.45) is 0 Å². The number of rotatable bonds is 4. The Balaban J connectivity index is 1.84. The number of aromatic carboxylic acids is 1. The minimum absolute atomic E-state index is 0.131. The van der Waals surface area contributed by atoms with Crippen LogP contribution in [-0.2, 0) is 4.79 Å². The van der Waals surface area contributed by atoms with Crippen LogP contribution < -0.4 is 0 Å². The SMILES string of the molecule is CC(c1ccccc1)N1C(=O)/C(=C\c2ccc(C(=O)O)cc2)SC1=S. The first-order valence-corrected chi connectivity index (χ1v) is 8.85. The second-order valence-corrected chi connectivity index (χ2v) is 7.24. The highest BCUT2D eigenvalue weighted by atomic mass is 32.2. The zero-order valence-electron chi connectivity index (χ0n) is 13.4. The molecule has 0 bridgehead atoms. The van der Waals surface area contributed by atoms with Gasteiger partial charge in [0.2, 0.25) is 0 Å². The largest absolute Gasteiger partial charge is 0.478 e. The summed E-state index contributed by atoms with van der Waals surface area (Å²) in [6.07, 6.45) is 1.74. The quantitative estimate of drug-likeness (QED) is 0.641. The van der Waals surface area contributed by atoms with Gasteiger partial charge in [-0.15, -0.1) is 0 Å². The van der Waals surface area contributed by atoms with Gasteiger partial charge < -0.3 is 5.11 Å². The third-order valence-electron chi connectivity index (χ3n) is 3.95. The van der Waals surface area contributed by atoms with Crippen molar-refractivity contribution in [1.82, 2.24) is 4.90 Å². The molecule has 25 heavy (non-hydrogen) atoms. The van der Waals surface area contributed by atoms with E-state index >= 15 is 0 Å². The molecule has 2 aromatic rings. The molecule has 1 N–H and O–H groups in total. The van der Waals surface area contributed by atoms with Crippen molar-refractivity contribution >= 4 is 46.3 Å². The fourth-order valence-corrected chi connectivity index (χ4v) is 3.99. The van der Waals surface area contributed by atoms with Crippen LogP contribution in [0.2, 0.25) is 0 Å². The van der Waals surface area contributed by atoms with E-state index in [1.54, 1.807) is 23.1 Å². The molecule has 1 heterocycles. The van der Waals surface area contributed by atoms with Gasteiger partial charge in [-0.25, -0.2) is 4.79 Å². The molecule has 6 heteroatoms. The highest BCUT2D eigenvalue weighted by Crippen LogP contribution is 2.37. The van der Waals surface area contributed by atoms with Gasteiger partial charge in [-0.1, -0.05) is 66.4 Å². The van der Waals surface area contributed by atoms with Crippen molar-refractivity contribution in [3.05, 3.63) is 76.2 Å². The number of thioether (sulfide) groups is 1. The zero-order chi connectivity index (χ0) is 18.0. The monoisotopic (exact) mass is 369 g/mol. The summed E-state index contributed by atoms with van der Waals surface area (Å²) in [5, 5.41) is 8.94. The summed E-state index contributed by atoms with van der Waals surface area (Å²) in [6, 6.07) is 16.0. The summed E-state index contributed by atoms with van der Waals surface area (Å²) >= 11 is 6.65. The number of carbonyl (C=O) groups excluding carboxylic acids is 1. The van der Waals surface area contributed by atoms with Crippen LogP contribution in [0.5, 0.6) is 0 Å². The molecule has 4 nitrogen and oxygen atoms in total. The van der Waals surface area contributed by atoms with E-state index in [9.17, 15) is 9.59 Å².